The zero-order valence-corrected chi connectivity index (χ0v) is 11.3. The van der Waals surface area contributed by atoms with E-state index in [1.165, 1.54) is 32.1 Å². The Morgan fingerprint density at radius 3 is 2.56 bits per heavy atom. The number of hydrogen-bond acceptors (Lipinski definition) is 1. The lowest BCUT2D eigenvalue weighted by Gasteiger charge is -2.33. The van der Waals surface area contributed by atoms with Crippen LogP contribution in [0.1, 0.15) is 59.8 Å². The summed E-state index contributed by atoms with van der Waals surface area (Å²) in [7, 11) is 0. The minimum atomic E-state index is 0.138. The lowest BCUT2D eigenvalue weighted by atomic mass is 9.70. The normalized spacial score (nSPS) is 54.8. The average Bonchev–Trinajstić information content (AvgIpc) is 2.62. The summed E-state index contributed by atoms with van der Waals surface area (Å²) in [4.78, 5) is 0. The highest BCUT2D eigenvalue weighted by molar-refractivity contribution is 5.09. The summed E-state index contributed by atoms with van der Waals surface area (Å²) in [6.07, 6.45) is 7.63. The topological polar surface area (TPSA) is 9.23 Å². The molecule has 1 aliphatic heterocycles. The van der Waals surface area contributed by atoms with Gasteiger partial charge < -0.3 is 4.74 Å². The fourth-order valence-electron chi connectivity index (χ4n) is 4.99. The molecule has 0 N–H and O–H groups in total. The fourth-order valence-corrected chi connectivity index (χ4v) is 4.99. The predicted molar refractivity (Wildman–Crippen MR) is 66.3 cm³/mol. The molecule has 1 unspecified atom stereocenters. The first-order valence-corrected chi connectivity index (χ1v) is 7.12. The van der Waals surface area contributed by atoms with Crippen molar-refractivity contribution in [2.24, 2.45) is 23.2 Å². The third-order valence-corrected chi connectivity index (χ3v) is 5.92. The Morgan fingerprint density at radius 1 is 1.06 bits per heavy atom. The Bertz CT molecular complexity index is 296. The molecule has 0 amide bonds. The molecule has 0 aromatic carbocycles. The van der Waals surface area contributed by atoms with Crippen molar-refractivity contribution in [3.8, 4) is 0 Å². The van der Waals surface area contributed by atoms with Crippen molar-refractivity contribution in [3.63, 3.8) is 0 Å². The van der Waals surface area contributed by atoms with Crippen LogP contribution in [-0.2, 0) is 4.74 Å². The van der Waals surface area contributed by atoms with Gasteiger partial charge in [0.25, 0.3) is 0 Å². The molecule has 2 aliphatic carbocycles. The number of hydrogen-bond donors (Lipinski definition) is 0. The van der Waals surface area contributed by atoms with Crippen LogP contribution in [0.5, 0.6) is 0 Å². The van der Waals surface area contributed by atoms with Crippen molar-refractivity contribution in [1.29, 1.82) is 0 Å². The Kier molecular flexibility index (Phi) is 2.25. The van der Waals surface area contributed by atoms with E-state index < -0.39 is 0 Å². The van der Waals surface area contributed by atoms with Crippen LogP contribution in [0.25, 0.3) is 0 Å². The molecular weight excluding hydrogens is 196 g/mol. The molecule has 0 spiro atoms. The number of ether oxygens (including phenoxy) is 1. The van der Waals surface area contributed by atoms with Crippen molar-refractivity contribution in [3.05, 3.63) is 0 Å². The zero-order chi connectivity index (χ0) is 11.6. The molecule has 1 heterocycles. The van der Waals surface area contributed by atoms with Crippen LogP contribution < -0.4 is 0 Å². The second-order valence-electron chi connectivity index (χ2n) is 7.38. The van der Waals surface area contributed by atoms with Crippen LogP contribution in [0.3, 0.4) is 0 Å². The summed E-state index contributed by atoms with van der Waals surface area (Å²) in [5.74, 6) is 2.44. The second-order valence-corrected chi connectivity index (χ2v) is 7.38. The van der Waals surface area contributed by atoms with Gasteiger partial charge in [-0.05, 0) is 62.7 Å². The Hall–Kier alpha value is -0.0400. The van der Waals surface area contributed by atoms with Gasteiger partial charge in [-0.15, -0.1) is 0 Å². The van der Waals surface area contributed by atoms with Crippen LogP contribution >= 0.6 is 0 Å². The minimum Gasteiger partial charge on any atom is -0.371 e. The second kappa shape index (κ2) is 3.25. The fraction of sp³-hybridized carbons (Fsp3) is 1.00. The van der Waals surface area contributed by atoms with Gasteiger partial charge in [-0.2, -0.15) is 0 Å². The van der Waals surface area contributed by atoms with Gasteiger partial charge in [0.15, 0.2) is 0 Å². The molecule has 92 valence electrons. The Labute approximate surface area is 99.9 Å². The molecule has 3 rings (SSSR count). The molecular formula is C15H26O. The van der Waals surface area contributed by atoms with Crippen LogP contribution in [0.2, 0.25) is 0 Å². The summed E-state index contributed by atoms with van der Waals surface area (Å²) in [5.41, 5.74) is 0.729. The predicted octanol–water partition coefficient (Wildman–Crippen LogP) is 4.02. The first kappa shape index (κ1) is 11.1. The average molecular weight is 222 g/mol. The third-order valence-electron chi connectivity index (χ3n) is 5.92. The molecule has 1 heteroatoms. The Morgan fingerprint density at radius 2 is 1.81 bits per heavy atom. The van der Waals surface area contributed by atoms with Crippen molar-refractivity contribution in [2.75, 3.05) is 0 Å². The van der Waals surface area contributed by atoms with Gasteiger partial charge >= 0.3 is 0 Å². The van der Waals surface area contributed by atoms with Crippen molar-refractivity contribution >= 4 is 0 Å². The molecule has 0 radical (unpaired) electrons. The quantitative estimate of drug-likeness (QED) is 0.601. The molecule has 16 heavy (non-hydrogen) atoms. The van der Waals surface area contributed by atoms with E-state index in [4.69, 9.17) is 4.74 Å². The van der Waals surface area contributed by atoms with E-state index in [-0.39, 0.29) is 5.60 Å². The summed E-state index contributed by atoms with van der Waals surface area (Å²) >= 11 is 0. The van der Waals surface area contributed by atoms with Crippen molar-refractivity contribution < 1.29 is 4.74 Å². The van der Waals surface area contributed by atoms with Crippen LogP contribution in [0.15, 0.2) is 0 Å². The smallest absolute Gasteiger partial charge is 0.0662 e. The van der Waals surface area contributed by atoms with Gasteiger partial charge in [0.2, 0.25) is 0 Å². The standard InChI is InChI=1S/C15H26O/c1-10-6-5-8-15(4)9-7-11-12(15)13(10)16-14(11,2)3/h10-13H,5-9H2,1-4H3/t10-,11+,12?,13-,15-/m0/s1. The van der Waals surface area contributed by atoms with Gasteiger partial charge in [-0.1, -0.05) is 20.3 Å². The number of rotatable bonds is 0. The molecule has 0 aromatic rings. The van der Waals surface area contributed by atoms with Crippen LogP contribution in [0.4, 0.5) is 0 Å². The molecule has 0 aromatic heterocycles. The van der Waals surface area contributed by atoms with Gasteiger partial charge in [0, 0.05) is 0 Å². The van der Waals surface area contributed by atoms with Crippen molar-refractivity contribution in [1.82, 2.24) is 0 Å². The molecule has 1 saturated heterocycles. The summed E-state index contributed by atoms with van der Waals surface area (Å²) in [6, 6.07) is 0. The highest BCUT2D eigenvalue weighted by Crippen LogP contribution is 2.62. The van der Waals surface area contributed by atoms with E-state index in [0.29, 0.717) is 11.5 Å². The molecule has 3 fully saturated rings. The van der Waals surface area contributed by atoms with Crippen LogP contribution in [0, 0.1) is 23.2 Å². The van der Waals surface area contributed by atoms with E-state index in [1.807, 2.05) is 0 Å². The van der Waals surface area contributed by atoms with E-state index in [1.54, 1.807) is 0 Å². The first-order valence-electron chi connectivity index (χ1n) is 7.12. The molecule has 3 aliphatic rings. The highest BCUT2D eigenvalue weighted by atomic mass is 16.5. The van der Waals surface area contributed by atoms with Crippen LogP contribution in [-0.4, -0.2) is 11.7 Å². The SMILES string of the molecule is C[C@H]1CCC[C@@]2(C)CC[C@@H]3C2[C@H]1OC3(C)C. The minimum absolute atomic E-state index is 0.138. The largest absolute Gasteiger partial charge is 0.371 e. The van der Waals surface area contributed by atoms with Crippen molar-refractivity contribution in [2.45, 2.75) is 71.5 Å². The van der Waals surface area contributed by atoms with Gasteiger partial charge in [0.1, 0.15) is 0 Å². The zero-order valence-electron chi connectivity index (χ0n) is 11.3. The maximum absolute atomic E-state index is 6.44. The third kappa shape index (κ3) is 1.33. The van der Waals surface area contributed by atoms with E-state index in [9.17, 15) is 0 Å². The molecule has 5 atom stereocenters. The lowest BCUT2D eigenvalue weighted by Crippen LogP contribution is -2.32. The lowest BCUT2D eigenvalue weighted by molar-refractivity contribution is -0.0632. The first-order chi connectivity index (χ1) is 7.44. The van der Waals surface area contributed by atoms with E-state index in [2.05, 4.69) is 27.7 Å². The molecule has 0 bridgehead atoms. The van der Waals surface area contributed by atoms with Gasteiger partial charge in [-0.3, -0.25) is 0 Å². The highest BCUT2D eigenvalue weighted by Gasteiger charge is 2.61. The van der Waals surface area contributed by atoms with E-state index >= 15 is 0 Å². The molecule has 2 saturated carbocycles. The van der Waals surface area contributed by atoms with Gasteiger partial charge in [-0.25, -0.2) is 0 Å². The summed E-state index contributed by atoms with van der Waals surface area (Å²) < 4.78 is 6.44. The molecule has 1 nitrogen and oxygen atoms in total. The Balaban J connectivity index is 2.00. The maximum atomic E-state index is 6.44. The van der Waals surface area contributed by atoms with Gasteiger partial charge in [0.05, 0.1) is 11.7 Å². The maximum Gasteiger partial charge on any atom is 0.0662 e. The van der Waals surface area contributed by atoms with E-state index in [0.717, 1.165) is 17.8 Å². The summed E-state index contributed by atoms with van der Waals surface area (Å²) in [5, 5.41) is 0. The summed E-state index contributed by atoms with van der Waals surface area (Å²) in [6.45, 7) is 9.59. The monoisotopic (exact) mass is 222 g/mol.